The van der Waals surface area contributed by atoms with Crippen LogP contribution in [0, 0.1) is 5.92 Å². The second-order valence-corrected chi connectivity index (χ2v) is 5.42. The molecule has 1 heterocycles. The van der Waals surface area contributed by atoms with Gasteiger partial charge >= 0.3 is 0 Å². The van der Waals surface area contributed by atoms with Gasteiger partial charge in [-0.3, -0.25) is 4.79 Å². The van der Waals surface area contributed by atoms with Crippen LogP contribution in [-0.2, 0) is 4.79 Å². The molecule has 1 atom stereocenters. The Morgan fingerprint density at radius 2 is 2.18 bits per heavy atom. The van der Waals surface area contributed by atoms with Crippen LogP contribution in [0.25, 0.3) is 0 Å². The summed E-state index contributed by atoms with van der Waals surface area (Å²) in [7, 11) is 1.71. The van der Waals surface area contributed by atoms with Crippen LogP contribution in [0.4, 0.5) is 0 Å². The van der Waals surface area contributed by atoms with Crippen LogP contribution in [0.2, 0.25) is 0 Å². The Hall–Kier alpha value is -0.610. The minimum absolute atomic E-state index is 0.158. The fourth-order valence-electron chi connectivity index (χ4n) is 2.53. The number of carbonyl (C=O) groups is 1. The summed E-state index contributed by atoms with van der Waals surface area (Å²) < 4.78 is 0. The number of nitrogens with one attached hydrogen (secondary N) is 2. The van der Waals surface area contributed by atoms with Crippen molar-refractivity contribution >= 4 is 5.91 Å². The standard InChI is InChI=1S/C13H25N3O/c1-14-13(17)6-8-16(9-11-4-5-11)10-12-3-2-7-15-12/h11-12,15H,2-10H2,1H3,(H,14,17). The molecule has 2 N–H and O–H groups in total. The maximum absolute atomic E-state index is 11.3. The first-order valence-electron chi connectivity index (χ1n) is 6.94. The molecule has 4 heteroatoms. The monoisotopic (exact) mass is 239 g/mol. The lowest BCUT2D eigenvalue weighted by Gasteiger charge is -2.25. The highest BCUT2D eigenvalue weighted by molar-refractivity contribution is 5.75. The van der Waals surface area contributed by atoms with Crippen LogP contribution in [-0.4, -0.2) is 50.1 Å². The van der Waals surface area contributed by atoms with E-state index in [1.54, 1.807) is 7.05 Å². The van der Waals surface area contributed by atoms with Crippen molar-refractivity contribution in [3.63, 3.8) is 0 Å². The Morgan fingerprint density at radius 3 is 2.76 bits per heavy atom. The predicted molar refractivity (Wildman–Crippen MR) is 68.9 cm³/mol. The second kappa shape index (κ2) is 6.36. The molecule has 17 heavy (non-hydrogen) atoms. The molecule has 1 amide bonds. The van der Waals surface area contributed by atoms with Gasteiger partial charge in [0.2, 0.25) is 5.91 Å². The van der Waals surface area contributed by atoms with Gasteiger partial charge in [0.25, 0.3) is 0 Å². The molecule has 2 aliphatic rings. The van der Waals surface area contributed by atoms with Crippen molar-refractivity contribution in [1.29, 1.82) is 0 Å². The minimum Gasteiger partial charge on any atom is -0.359 e. The molecule has 0 radical (unpaired) electrons. The summed E-state index contributed by atoms with van der Waals surface area (Å²) in [6.45, 7) is 4.38. The Balaban J connectivity index is 1.72. The molecule has 1 saturated heterocycles. The van der Waals surface area contributed by atoms with Crippen LogP contribution in [0.15, 0.2) is 0 Å². The third-order valence-electron chi connectivity index (χ3n) is 3.79. The van der Waals surface area contributed by atoms with Crippen molar-refractivity contribution in [2.45, 2.75) is 38.1 Å². The van der Waals surface area contributed by atoms with Gasteiger partial charge in [0.05, 0.1) is 0 Å². The Bertz CT molecular complexity index is 247. The molecule has 1 aliphatic carbocycles. The highest BCUT2D eigenvalue weighted by Crippen LogP contribution is 2.29. The topological polar surface area (TPSA) is 44.4 Å². The third kappa shape index (κ3) is 4.64. The number of amides is 1. The van der Waals surface area contributed by atoms with Crippen molar-refractivity contribution in [1.82, 2.24) is 15.5 Å². The maximum Gasteiger partial charge on any atom is 0.221 e. The fraction of sp³-hybridized carbons (Fsp3) is 0.923. The summed E-state index contributed by atoms with van der Waals surface area (Å²) in [4.78, 5) is 13.8. The van der Waals surface area contributed by atoms with Crippen LogP contribution >= 0.6 is 0 Å². The molecule has 0 aromatic rings. The lowest BCUT2D eigenvalue weighted by atomic mass is 10.2. The van der Waals surface area contributed by atoms with E-state index in [1.165, 1.54) is 32.2 Å². The zero-order chi connectivity index (χ0) is 12.1. The molecule has 0 aromatic heterocycles. The van der Waals surface area contributed by atoms with Gasteiger partial charge < -0.3 is 15.5 Å². The largest absolute Gasteiger partial charge is 0.359 e. The van der Waals surface area contributed by atoms with E-state index < -0.39 is 0 Å². The first kappa shape index (κ1) is 12.8. The maximum atomic E-state index is 11.3. The quantitative estimate of drug-likeness (QED) is 0.683. The van der Waals surface area contributed by atoms with Gasteiger partial charge in [-0.2, -0.15) is 0 Å². The first-order chi connectivity index (χ1) is 8.28. The molecule has 1 saturated carbocycles. The Morgan fingerprint density at radius 1 is 1.35 bits per heavy atom. The van der Waals surface area contributed by atoms with E-state index in [2.05, 4.69) is 15.5 Å². The molecule has 0 spiro atoms. The average Bonchev–Trinajstić information content (AvgIpc) is 3.00. The van der Waals surface area contributed by atoms with Crippen LogP contribution < -0.4 is 10.6 Å². The Labute approximate surface area is 104 Å². The average molecular weight is 239 g/mol. The van der Waals surface area contributed by atoms with Gasteiger partial charge in [-0.05, 0) is 38.1 Å². The lowest BCUT2D eigenvalue weighted by molar-refractivity contribution is -0.120. The molecular formula is C13H25N3O. The number of hydrogen-bond donors (Lipinski definition) is 2. The molecule has 2 fully saturated rings. The molecular weight excluding hydrogens is 214 g/mol. The summed E-state index contributed by atoms with van der Waals surface area (Å²) in [6.07, 6.45) is 6.00. The summed E-state index contributed by atoms with van der Waals surface area (Å²) in [5, 5.41) is 6.24. The zero-order valence-corrected chi connectivity index (χ0v) is 10.9. The van der Waals surface area contributed by atoms with Gasteiger partial charge in [0.15, 0.2) is 0 Å². The number of rotatable bonds is 7. The van der Waals surface area contributed by atoms with E-state index in [0.29, 0.717) is 12.5 Å². The second-order valence-electron chi connectivity index (χ2n) is 5.42. The van der Waals surface area contributed by atoms with Crippen molar-refractivity contribution in [3.8, 4) is 0 Å². The van der Waals surface area contributed by atoms with Crippen molar-refractivity contribution < 1.29 is 4.79 Å². The number of nitrogens with zero attached hydrogens (tertiary/aromatic N) is 1. The van der Waals surface area contributed by atoms with Crippen LogP contribution in [0.5, 0.6) is 0 Å². The lowest BCUT2D eigenvalue weighted by Crippen LogP contribution is -2.40. The minimum atomic E-state index is 0.158. The molecule has 0 bridgehead atoms. The molecule has 98 valence electrons. The summed E-state index contributed by atoms with van der Waals surface area (Å²) in [6, 6.07) is 0.651. The molecule has 1 aliphatic heterocycles. The van der Waals surface area contributed by atoms with E-state index in [-0.39, 0.29) is 5.91 Å². The highest BCUT2D eigenvalue weighted by atomic mass is 16.1. The zero-order valence-electron chi connectivity index (χ0n) is 10.9. The van der Waals surface area contributed by atoms with Crippen molar-refractivity contribution in [2.24, 2.45) is 5.92 Å². The van der Waals surface area contributed by atoms with Gasteiger partial charge in [-0.15, -0.1) is 0 Å². The predicted octanol–water partition coefficient (Wildman–Crippen LogP) is 0.587. The first-order valence-corrected chi connectivity index (χ1v) is 6.94. The SMILES string of the molecule is CNC(=O)CCN(CC1CC1)CC1CCCN1. The van der Waals surface area contributed by atoms with E-state index in [9.17, 15) is 4.79 Å². The number of carbonyl (C=O) groups excluding carboxylic acids is 1. The van der Waals surface area contributed by atoms with E-state index in [0.717, 1.165) is 25.6 Å². The van der Waals surface area contributed by atoms with Crippen LogP contribution in [0.1, 0.15) is 32.1 Å². The number of hydrogen-bond acceptors (Lipinski definition) is 3. The van der Waals surface area contributed by atoms with Crippen molar-refractivity contribution in [3.05, 3.63) is 0 Å². The smallest absolute Gasteiger partial charge is 0.221 e. The van der Waals surface area contributed by atoms with Gasteiger partial charge in [-0.25, -0.2) is 0 Å². The summed E-state index contributed by atoms with van der Waals surface area (Å²) in [5.74, 6) is 1.06. The van der Waals surface area contributed by atoms with E-state index >= 15 is 0 Å². The van der Waals surface area contributed by atoms with E-state index in [4.69, 9.17) is 0 Å². The Kier molecular flexibility index (Phi) is 4.80. The highest BCUT2D eigenvalue weighted by Gasteiger charge is 2.26. The summed E-state index contributed by atoms with van der Waals surface area (Å²) >= 11 is 0. The van der Waals surface area contributed by atoms with E-state index in [1.807, 2.05) is 0 Å². The van der Waals surface area contributed by atoms with Crippen molar-refractivity contribution in [2.75, 3.05) is 33.2 Å². The molecule has 1 unspecified atom stereocenters. The normalized spacial score (nSPS) is 24.2. The van der Waals surface area contributed by atoms with Gasteiger partial charge in [-0.1, -0.05) is 0 Å². The third-order valence-corrected chi connectivity index (χ3v) is 3.79. The summed E-state index contributed by atoms with van der Waals surface area (Å²) in [5.41, 5.74) is 0. The molecule has 2 rings (SSSR count). The molecule has 4 nitrogen and oxygen atoms in total. The fourth-order valence-corrected chi connectivity index (χ4v) is 2.53. The van der Waals surface area contributed by atoms with Crippen LogP contribution in [0.3, 0.4) is 0 Å². The van der Waals surface area contributed by atoms with Gasteiger partial charge in [0, 0.05) is 39.1 Å². The van der Waals surface area contributed by atoms with Gasteiger partial charge in [0.1, 0.15) is 0 Å². The molecule has 0 aromatic carbocycles.